The van der Waals surface area contributed by atoms with E-state index in [0.29, 0.717) is 17.9 Å². The molecule has 0 saturated heterocycles. The van der Waals surface area contributed by atoms with Crippen LogP contribution >= 0.6 is 11.6 Å². The highest BCUT2D eigenvalue weighted by Crippen LogP contribution is 2.49. The molecular weight excluding hydrogens is 434 g/mol. The van der Waals surface area contributed by atoms with Crippen molar-refractivity contribution in [1.82, 2.24) is 9.78 Å². The van der Waals surface area contributed by atoms with E-state index in [-0.39, 0.29) is 17.6 Å². The molecule has 1 aliphatic heterocycles. The van der Waals surface area contributed by atoms with Gasteiger partial charge in [-0.2, -0.15) is 5.10 Å². The van der Waals surface area contributed by atoms with Gasteiger partial charge in [0.15, 0.2) is 5.78 Å². The summed E-state index contributed by atoms with van der Waals surface area (Å²) < 4.78 is 7.60. The number of furan rings is 1. The van der Waals surface area contributed by atoms with E-state index >= 15 is 0 Å². The van der Waals surface area contributed by atoms with E-state index in [9.17, 15) is 4.79 Å². The van der Waals surface area contributed by atoms with E-state index in [1.165, 1.54) is 0 Å². The number of rotatable bonds is 3. The van der Waals surface area contributed by atoms with Crippen LogP contribution in [0.25, 0.3) is 5.69 Å². The van der Waals surface area contributed by atoms with Gasteiger partial charge in [0.25, 0.3) is 0 Å². The number of benzene rings is 2. The fourth-order valence-electron chi connectivity index (χ4n) is 5.15. The van der Waals surface area contributed by atoms with Crippen molar-refractivity contribution in [2.75, 3.05) is 5.32 Å². The number of hydrogen-bond donors (Lipinski definition) is 1. The molecule has 2 aromatic carbocycles. The number of ketones is 1. The quantitative estimate of drug-likeness (QED) is 0.389. The van der Waals surface area contributed by atoms with Gasteiger partial charge in [0, 0.05) is 40.1 Å². The number of fused-ring (bicyclic) bond motifs is 1. The Kier molecular flexibility index (Phi) is 4.73. The maximum absolute atomic E-state index is 13.6. The normalized spacial score (nSPS) is 19.8. The van der Waals surface area contributed by atoms with Gasteiger partial charge in [-0.05, 0) is 55.3 Å². The predicted molar refractivity (Wildman–Crippen MR) is 128 cm³/mol. The fraction of sp³-hybridized carbons (Fsp3) is 0.185. The van der Waals surface area contributed by atoms with Gasteiger partial charge in [0.1, 0.15) is 11.6 Å². The van der Waals surface area contributed by atoms with Crippen LogP contribution in [0.15, 0.2) is 88.7 Å². The van der Waals surface area contributed by atoms with Crippen molar-refractivity contribution >= 4 is 23.2 Å². The molecule has 2 aliphatic rings. The van der Waals surface area contributed by atoms with Crippen LogP contribution in [0.1, 0.15) is 47.3 Å². The second kappa shape index (κ2) is 7.78. The lowest BCUT2D eigenvalue weighted by atomic mass is 9.73. The molecule has 1 N–H and O–H groups in total. The average molecular weight is 456 g/mol. The summed E-state index contributed by atoms with van der Waals surface area (Å²) in [4.78, 5) is 13.6. The van der Waals surface area contributed by atoms with Crippen LogP contribution in [0.5, 0.6) is 0 Å². The van der Waals surface area contributed by atoms with Crippen LogP contribution in [0.3, 0.4) is 0 Å². The maximum atomic E-state index is 13.6. The van der Waals surface area contributed by atoms with Crippen LogP contribution in [-0.2, 0) is 4.79 Å². The molecule has 0 spiro atoms. The van der Waals surface area contributed by atoms with E-state index in [1.807, 2.05) is 78.3 Å². The zero-order valence-electron chi connectivity index (χ0n) is 18.1. The van der Waals surface area contributed by atoms with Gasteiger partial charge >= 0.3 is 0 Å². The number of allylic oxidation sites excluding steroid dienone is 2. The van der Waals surface area contributed by atoms with Crippen molar-refractivity contribution < 1.29 is 9.21 Å². The van der Waals surface area contributed by atoms with Crippen molar-refractivity contribution in [2.45, 2.75) is 31.6 Å². The zero-order chi connectivity index (χ0) is 22.5. The van der Waals surface area contributed by atoms with Gasteiger partial charge in [-0.15, -0.1) is 0 Å². The lowest BCUT2D eigenvalue weighted by Crippen LogP contribution is -2.30. The van der Waals surface area contributed by atoms with Crippen LogP contribution in [-0.4, -0.2) is 15.6 Å². The molecule has 6 heteroatoms. The summed E-state index contributed by atoms with van der Waals surface area (Å²) in [5, 5.41) is 9.16. The third-order valence-electron chi connectivity index (χ3n) is 6.61. The number of halogens is 1. The van der Waals surface area contributed by atoms with Crippen LogP contribution in [0, 0.1) is 6.92 Å². The number of nitrogens with one attached hydrogen (secondary N) is 1. The van der Waals surface area contributed by atoms with Crippen molar-refractivity contribution in [1.29, 1.82) is 0 Å². The van der Waals surface area contributed by atoms with E-state index in [0.717, 1.165) is 45.4 Å². The van der Waals surface area contributed by atoms with Crippen LogP contribution < -0.4 is 5.32 Å². The van der Waals surface area contributed by atoms with Crippen molar-refractivity contribution in [3.8, 4) is 5.69 Å². The Hall–Kier alpha value is -3.57. The topological polar surface area (TPSA) is 60.1 Å². The molecule has 33 heavy (non-hydrogen) atoms. The minimum absolute atomic E-state index is 0.0142. The van der Waals surface area contributed by atoms with Crippen molar-refractivity contribution in [3.05, 3.63) is 112 Å². The molecule has 5 nitrogen and oxygen atoms in total. The lowest BCUT2D eigenvalue weighted by Gasteiger charge is -2.35. The SMILES string of the molecule is Cc1nn(-c2ccccc2)c2c1[C@@H](c1ccc(Cl)cc1)C1=C(C[C@@H](c3ccco3)CC1=O)N2. The van der Waals surface area contributed by atoms with Crippen LogP contribution in [0.2, 0.25) is 5.02 Å². The second-order valence-corrected chi connectivity index (χ2v) is 9.08. The molecule has 2 aromatic heterocycles. The zero-order valence-corrected chi connectivity index (χ0v) is 18.8. The van der Waals surface area contributed by atoms with E-state index < -0.39 is 0 Å². The number of carbonyl (C=O) groups excluding carboxylic acids is 1. The molecule has 1 aliphatic carbocycles. The highest BCUT2D eigenvalue weighted by molar-refractivity contribution is 6.30. The first-order valence-electron chi connectivity index (χ1n) is 11.1. The lowest BCUT2D eigenvalue weighted by molar-refractivity contribution is -0.116. The summed E-state index contributed by atoms with van der Waals surface area (Å²) in [7, 11) is 0. The fourth-order valence-corrected chi connectivity index (χ4v) is 5.27. The number of para-hydroxylation sites is 1. The highest BCUT2D eigenvalue weighted by atomic mass is 35.5. The third-order valence-corrected chi connectivity index (χ3v) is 6.86. The van der Waals surface area contributed by atoms with E-state index in [4.69, 9.17) is 21.1 Å². The van der Waals surface area contributed by atoms with E-state index in [2.05, 4.69) is 5.32 Å². The summed E-state index contributed by atoms with van der Waals surface area (Å²) in [5.41, 5.74) is 5.70. The Bertz CT molecular complexity index is 1370. The monoisotopic (exact) mass is 455 g/mol. The number of aryl methyl sites for hydroxylation is 1. The number of aromatic nitrogens is 2. The first-order valence-corrected chi connectivity index (χ1v) is 11.4. The highest BCUT2D eigenvalue weighted by Gasteiger charge is 2.41. The number of carbonyl (C=O) groups is 1. The molecule has 4 aromatic rings. The molecule has 0 amide bonds. The molecule has 0 saturated carbocycles. The van der Waals surface area contributed by atoms with Gasteiger partial charge in [-0.1, -0.05) is 41.9 Å². The molecule has 164 valence electrons. The van der Waals surface area contributed by atoms with Gasteiger partial charge < -0.3 is 9.73 Å². The van der Waals surface area contributed by atoms with Crippen molar-refractivity contribution in [3.63, 3.8) is 0 Å². The molecule has 6 rings (SSSR count). The Morgan fingerprint density at radius 2 is 1.82 bits per heavy atom. The second-order valence-electron chi connectivity index (χ2n) is 8.64. The largest absolute Gasteiger partial charge is 0.469 e. The van der Waals surface area contributed by atoms with E-state index in [1.54, 1.807) is 6.26 Å². The number of Topliss-reactive ketones (excluding diaryl/α,β-unsaturated/α-hetero) is 1. The molecule has 3 heterocycles. The third kappa shape index (κ3) is 3.31. The summed E-state index contributed by atoms with van der Waals surface area (Å²) in [6.45, 7) is 2.01. The molecular formula is C27H22ClN3O2. The van der Waals surface area contributed by atoms with Gasteiger partial charge in [-0.25, -0.2) is 4.68 Å². The first-order chi connectivity index (χ1) is 16.1. The Labute approximate surface area is 196 Å². The Morgan fingerprint density at radius 1 is 1.03 bits per heavy atom. The number of anilines is 1. The summed E-state index contributed by atoms with van der Waals surface area (Å²) in [6.07, 6.45) is 2.80. The molecule has 0 fully saturated rings. The molecule has 0 bridgehead atoms. The summed E-state index contributed by atoms with van der Waals surface area (Å²) in [6, 6.07) is 21.7. The Morgan fingerprint density at radius 3 is 2.55 bits per heavy atom. The smallest absolute Gasteiger partial charge is 0.162 e. The van der Waals surface area contributed by atoms with Gasteiger partial charge in [0.05, 0.1) is 17.6 Å². The molecule has 0 radical (unpaired) electrons. The maximum Gasteiger partial charge on any atom is 0.162 e. The first kappa shape index (κ1) is 20.1. The van der Waals surface area contributed by atoms with Crippen LogP contribution in [0.4, 0.5) is 5.82 Å². The summed E-state index contributed by atoms with van der Waals surface area (Å²) >= 11 is 6.19. The van der Waals surface area contributed by atoms with Gasteiger partial charge in [0.2, 0.25) is 0 Å². The molecule has 2 atom stereocenters. The number of nitrogens with zero attached hydrogens (tertiary/aromatic N) is 2. The Balaban J connectivity index is 1.54. The standard InChI is InChI=1S/C27H22ClN3O2/c1-16-24-25(17-9-11-19(28)12-10-17)26-21(14-18(15-22(26)32)23-8-5-13-33-23)29-27(24)31(30-16)20-6-3-2-4-7-20/h2-13,18,25,29H,14-15H2,1H3/t18-,25-/m1/s1. The average Bonchev–Trinajstić information content (AvgIpc) is 3.48. The molecule has 0 unspecified atom stereocenters. The minimum Gasteiger partial charge on any atom is -0.469 e. The number of hydrogen-bond acceptors (Lipinski definition) is 4. The predicted octanol–water partition coefficient (Wildman–Crippen LogP) is 6.39. The van der Waals surface area contributed by atoms with Gasteiger partial charge in [-0.3, -0.25) is 4.79 Å². The summed E-state index contributed by atoms with van der Waals surface area (Å²) in [5.74, 6) is 1.71. The minimum atomic E-state index is -0.198. The van der Waals surface area contributed by atoms with Crippen molar-refractivity contribution in [2.24, 2.45) is 0 Å².